The highest BCUT2D eigenvalue weighted by molar-refractivity contribution is 6.33. The molecule has 0 spiro atoms. The van der Waals surface area contributed by atoms with Gasteiger partial charge in [0.1, 0.15) is 0 Å². The zero-order chi connectivity index (χ0) is 23.1. The molecule has 7 nitrogen and oxygen atoms in total. The van der Waals surface area contributed by atoms with Crippen LogP contribution in [0.25, 0.3) is 0 Å². The molecule has 8 heteroatoms. The van der Waals surface area contributed by atoms with E-state index in [1.54, 1.807) is 67.6 Å². The van der Waals surface area contributed by atoms with Crippen molar-refractivity contribution in [2.75, 3.05) is 19.5 Å². The smallest absolute Gasteiger partial charge is 0.272 e. The maximum absolute atomic E-state index is 12.7. The summed E-state index contributed by atoms with van der Waals surface area (Å²) in [4.78, 5) is 24.9. The average Bonchev–Trinajstić information content (AvgIpc) is 2.82. The summed E-state index contributed by atoms with van der Waals surface area (Å²) in [6.07, 6.45) is 0. The molecule has 0 aromatic heterocycles. The molecular weight excluding hydrogens is 430 g/mol. The summed E-state index contributed by atoms with van der Waals surface area (Å²) in [6, 6.07) is 18.8. The van der Waals surface area contributed by atoms with E-state index in [1.165, 1.54) is 14.2 Å². The van der Waals surface area contributed by atoms with Gasteiger partial charge in [-0.1, -0.05) is 35.9 Å². The van der Waals surface area contributed by atoms with Crippen molar-refractivity contribution >= 4 is 34.8 Å². The number of nitrogens with one attached hydrogen (secondary N) is 2. The van der Waals surface area contributed by atoms with E-state index in [-0.39, 0.29) is 5.91 Å². The Balaban J connectivity index is 1.72. The minimum absolute atomic E-state index is 0.301. The van der Waals surface area contributed by atoms with Crippen LogP contribution in [0.1, 0.15) is 33.2 Å². The number of ether oxygens (including phenoxy) is 2. The monoisotopic (exact) mass is 451 g/mol. The summed E-state index contributed by atoms with van der Waals surface area (Å²) in [5, 5.41) is 7.34. The number of halogens is 1. The molecule has 2 amide bonds. The average molecular weight is 452 g/mol. The van der Waals surface area contributed by atoms with E-state index >= 15 is 0 Å². The molecular formula is C24H22ClN3O4. The number of amides is 2. The Morgan fingerprint density at radius 2 is 1.59 bits per heavy atom. The van der Waals surface area contributed by atoms with Gasteiger partial charge in [0.2, 0.25) is 0 Å². The zero-order valence-electron chi connectivity index (χ0n) is 17.8. The first-order valence-corrected chi connectivity index (χ1v) is 10.0. The van der Waals surface area contributed by atoms with Crippen LogP contribution in [0.4, 0.5) is 5.69 Å². The van der Waals surface area contributed by atoms with Crippen LogP contribution in [0.5, 0.6) is 11.5 Å². The fourth-order valence-corrected chi connectivity index (χ4v) is 3.13. The lowest BCUT2D eigenvalue weighted by Gasteiger charge is -2.11. The van der Waals surface area contributed by atoms with E-state index < -0.39 is 5.91 Å². The molecule has 3 aromatic rings. The number of hydrazone groups is 1. The fraction of sp³-hybridized carbons (Fsp3) is 0.125. The highest BCUT2D eigenvalue weighted by Crippen LogP contribution is 2.28. The zero-order valence-corrected chi connectivity index (χ0v) is 18.6. The Morgan fingerprint density at radius 3 is 2.31 bits per heavy atom. The number of hydrogen-bond acceptors (Lipinski definition) is 5. The van der Waals surface area contributed by atoms with E-state index in [2.05, 4.69) is 15.8 Å². The highest BCUT2D eigenvalue weighted by atomic mass is 35.5. The van der Waals surface area contributed by atoms with Crippen LogP contribution in [0.15, 0.2) is 71.8 Å². The van der Waals surface area contributed by atoms with Crippen molar-refractivity contribution < 1.29 is 19.1 Å². The number of nitrogens with zero attached hydrogens (tertiary/aromatic N) is 1. The molecule has 0 radical (unpaired) electrons. The number of carbonyl (C=O) groups excluding carboxylic acids is 2. The van der Waals surface area contributed by atoms with Gasteiger partial charge in [-0.3, -0.25) is 9.59 Å². The van der Waals surface area contributed by atoms with Gasteiger partial charge in [0.25, 0.3) is 11.8 Å². The largest absolute Gasteiger partial charge is 0.493 e. The SMILES string of the molecule is COc1ccc(C(=O)Nc2cccc(/C(C)=N/NC(=O)c3ccccc3Cl)c2)cc1OC. The van der Waals surface area contributed by atoms with Gasteiger partial charge in [0.15, 0.2) is 11.5 Å². The summed E-state index contributed by atoms with van der Waals surface area (Å²) in [5.74, 6) is 0.292. The molecule has 3 aromatic carbocycles. The first kappa shape index (κ1) is 22.8. The quantitative estimate of drug-likeness (QED) is 0.400. The number of hydrogen-bond donors (Lipinski definition) is 2. The summed E-state index contributed by atoms with van der Waals surface area (Å²) in [6.45, 7) is 1.75. The van der Waals surface area contributed by atoms with Gasteiger partial charge in [-0.2, -0.15) is 5.10 Å². The maximum atomic E-state index is 12.7. The second-order valence-electron chi connectivity index (χ2n) is 6.72. The van der Waals surface area contributed by atoms with Crippen LogP contribution < -0.4 is 20.2 Å². The second kappa shape index (κ2) is 10.5. The number of methoxy groups -OCH3 is 2. The van der Waals surface area contributed by atoms with Gasteiger partial charge in [-0.05, 0) is 55.0 Å². The minimum Gasteiger partial charge on any atom is -0.493 e. The molecule has 0 saturated carbocycles. The van der Waals surface area contributed by atoms with E-state index in [0.717, 1.165) is 5.56 Å². The van der Waals surface area contributed by atoms with Crippen LogP contribution in [0.2, 0.25) is 5.02 Å². The number of anilines is 1. The van der Waals surface area contributed by atoms with Crippen LogP contribution in [0, 0.1) is 0 Å². The molecule has 0 bridgehead atoms. The normalized spacial score (nSPS) is 10.9. The molecule has 2 N–H and O–H groups in total. The third-order valence-electron chi connectivity index (χ3n) is 4.63. The minimum atomic E-state index is -0.409. The van der Waals surface area contributed by atoms with Crippen molar-refractivity contribution in [2.24, 2.45) is 5.10 Å². The van der Waals surface area contributed by atoms with E-state index in [0.29, 0.717) is 39.0 Å². The van der Waals surface area contributed by atoms with Gasteiger partial charge < -0.3 is 14.8 Å². The van der Waals surface area contributed by atoms with E-state index in [9.17, 15) is 9.59 Å². The first-order chi connectivity index (χ1) is 15.4. The highest BCUT2D eigenvalue weighted by Gasteiger charge is 2.12. The number of rotatable bonds is 7. The van der Waals surface area contributed by atoms with Crippen molar-refractivity contribution in [2.45, 2.75) is 6.92 Å². The number of carbonyl (C=O) groups is 2. The Bertz CT molecular complexity index is 1180. The lowest BCUT2D eigenvalue weighted by molar-refractivity contribution is 0.0954. The van der Waals surface area contributed by atoms with Gasteiger partial charge in [0.05, 0.1) is 30.5 Å². The summed E-state index contributed by atoms with van der Waals surface area (Å²) < 4.78 is 10.4. The molecule has 32 heavy (non-hydrogen) atoms. The summed E-state index contributed by atoms with van der Waals surface area (Å²) in [5.41, 5.74) is 5.13. The van der Waals surface area contributed by atoms with Crippen molar-refractivity contribution in [3.8, 4) is 11.5 Å². The van der Waals surface area contributed by atoms with Gasteiger partial charge in [0, 0.05) is 11.3 Å². The van der Waals surface area contributed by atoms with E-state index in [1.807, 2.05) is 6.07 Å². The molecule has 0 unspecified atom stereocenters. The lowest BCUT2D eigenvalue weighted by atomic mass is 10.1. The van der Waals surface area contributed by atoms with Crippen molar-refractivity contribution in [1.82, 2.24) is 5.43 Å². The Kier molecular flexibility index (Phi) is 7.46. The third-order valence-corrected chi connectivity index (χ3v) is 4.96. The molecule has 0 aliphatic heterocycles. The second-order valence-corrected chi connectivity index (χ2v) is 7.13. The number of benzene rings is 3. The topological polar surface area (TPSA) is 89.0 Å². The molecule has 0 aliphatic rings. The Hall–Kier alpha value is -3.84. The summed E-state index contributed by atoms with van der Waals surface area (Å²) >= 11 is 6.04. The Labute approximate surface area is 191 Å². The molecule has 0 heterocycles. The molecule has 0 saturated heterocycles. The van der Waals surface area contributed by atoms with Crippen molar-refractivity contribution in [1.29, 1.82) is 0 Å². The first-order valence-electron chi connectivity index (χ1n) is 9.66. The predicted molar refractivity (Wildman–Crippen MR) is 125 cm³/mol. The predicted octanol–water partition coefficient (Wildman–Crippen LogP) is 4.76. The molecule has 164 valence electrons. The van der Waals surface area contributed by atoms with Crippen LogP contribution >= 0.6 is 11.6 Å². The van der Waals surface area contributed by atoms with Crippen LogP contribution in [0.3, 0.4) is 0 Å². The lowest BCUT2D eigenvalue weighted by Crippen LogP contribution is -2.19. The standard InChI is InChI=1S/C24H22ClN3O4/c1-15(27-28-24(30)19-9-4-5-10-20(19)25)16-7-6-8-18(13-16)26-23(29)17-11-12-21(31-2)22(14-17)32-3/h4-14H,1-3H3,(H,26,29)(H,28,30)/b27-15+. The van der Waals surface area contributed by atoms with Crippen LogP contribution in [-0.4, -0.2) is 31.7 Å². The molecule has 0 aliphatic carbocycles. The maximum Gasteiger partial charge on any atom is 0.272 e. The van der Waals surface area contributed by atoms with Crippen LogP contribution in [-0.2, 0) is 0 Å². The molecule has 0 fully saturated rings. The van der Waals surface area contributed by atoms with Crippen molar-refractivity contribution in [3.63, 3.8) is 0 Å². The molecule has 0 atom stereocenters. The van der Waals surface area contributed by atoms with Gasteiger partial charge in [-0.25, -0.2) is 5.43 Å². The van der Waals surface area contributed by atoms with Gasteiger partial charge >= 0.3 is 0 Å². The van der Waals surface area contributed by atoms with Gasteiger partial charge in [-0.15, -0.1) is 0 Å². The fourth-order valence-electron chi connectivity index (χ4n) is 2.91. The molecule has 3 rings (SSSR count). The third kappa shape index (κ3) is 5.44. The van der Waals surface area contributed by atoms with E-state index in [4.69, 9.17) is 21.1 Å². The van der Waals surface area contributed by atoms with Crippen molar-refractivity contribution in [3.05, 3.63) is 88.4 Å². The summed E-state index contributed by atoms with van der Waals surface area (Å²) in [7, 11) is 3.04. The Morgan fingerprint density at radius 1 is 0.844 bits per heavy atom.